The Bertz CT molecular complexity index is 930. The predicted molar refractivity (Wildman–Crippen MR) is 99.8 cm³/mol. The number of anilines is 2. The van der Waals surface area contributed by atoms with E-state index in [1.54, 1.807) is 6.92 Å². The van der Waals surface area contributed by atoms with E-state index in [4.69, 9.17) is 20.9 Å². The fourth-order valence-corrected chi connectivity index (χ4v) is 2.39. The van der Waals surface area contributed by atoms with Gasteiger partial charge in [-0.3, -0.25) is 14.4 Å². The van der Waals surface area contributed by atoms with Gasteiger partial charge in [0, 0.05) is 18.9 Å². The van der Waals surface area contributed by atoms with E-state index in [2.05, 4.69) is 15.8 Å². The van der Waals surface area contributed by atoms with Crippen molar-refractivity contribution in [2.75, 3.05) is 17.2 Å². The third-order valence-electron chi connectivity index (χ3n) is 3.61. The summed E-state index contributed by atoms with van der Waals surface area (Å²) in [4.78, 5) is 35.1. The minimum absolute atomic E-state index is 0.0518. The Labute approximate surface area is 173 Å². The summed E-state index contributed by atoms with van der Waals surface area (Å²) in [6.07, 6.45) is -4.84. The Kier molecular flexibility index (Phi) is 7.81. The lowest BCUT2D eigenvalue weighted by Gasteiger charge is -2.11. The average molecular weight is 448 g/mol. The van der Waals surface area contributed by atoms with Crippen LogP contribution in [0.15, 0.2) is 28.8 Å². The van der Waals surface area contributed by atoms with E-state index in [9.17, 15) is 27.6 Å². The van der Waals surface area contributed by atoms with Gasteiger partial charge in [-0.1, -0.05) is 16.8 Å². The molecule has 30 heavy (non-hydrogen) atoms. The molecule has 0 atom stereocenters. The molecule has 0 aliphatic rings. The number of hydrogen-bond donors (Lipinski definition) is 2. The Hall–Kier alpha value is -3.08. The number of ether oxygens (including phenoxy) is 1. The normalized spacial score (nSPS) is 11.1. The number of aromatic nitrogens is 1. The van der Waals surface area contributed by atoms with E-state index in [0.29, 0.717) is 5.76 Å². The van der Waals surface area contributed by atoms with Gasteiger partial charge in [-0.15, -0.1) is 0 Å². The Morgan fingerprint density at radius 2 is 1.87 bits per heavy atom. The second-order valence-electron chi connectivity index (χ2n) is 6.13. The number of carbonyl (C=O) groups excluding carboxylic acids is 3. The van der Waals surface area contributed by atoms with Gasteiger partial charge in [-0.05, 0) is 31.5 Å². The first-order valence-corrected chi connectivity index (χ1v) is 8.98. The molecule has 0 saturated heterocycles. The molecule has 0 aliphatic carbocycles. The van der Waals surface area contributed by atoms with Crippen molar-refractivity contribution in [3.8, 4) is 0 Å². The maximum atomic E-state index is 12.7. The minimum atomic E-state index is -4.58. The van der Waals surface area contributed by atoms with Crippen LogP contribution in [-0.4, -0.2) is 29.5 Å². The van der Waals surface area contributed by atoms with Crippen molar-refractivity contribution in [3.05, 3.63) is 40.6 Å². The summed E-state index contributed by atoms with van der Waals surface area (Å²) in [6, 6.07) is 4.04. The van der Waals surface area contributed by atoms with Crippen molar-refractivity contribution in [1.82, 2.24) is 5.16 Å². The van der Waals surface area contributed by atoms with Crippen LogP contribution < -0.4 is 10.6 Å². The molecule has 0 aliphatic heterocycles. The summed E-state index contributed by atoms with van der Waals surface area (Å²) < 4.78 is 47.7. The SMILES string of the molecule is Cc1cc(NC(=O)COC(=O)CCCC(=O)Nc2cc(C(F)(F)F)ccc2Cl)no1. The highest BCUT2D eigenvalue weighted by atomic mass is 35.5. The lowest BCUT2D eigenvalue weighted by Crippen LogP contribution is -2.21. The van der Waals surface area contributed by atoms with Gasteiger partial charge in [0.15, 0.2) is 12.4 Å². The van der Waals surface area contributed by atoms with Crippen LogP contribution in [0.2, 0.25) is 5.02 Å². The standard InChI is InChI=1S/C18H17ClF3N3O5/c1-10-7-14(25-30-10)24-16(27)9-29-17(28)4-2-3-15(26)23-13-8-11(18(20,21)22)5-6-12(13)19/h5-8H,2-4,9H2,1H3,(H,23,26)(H,24,25,27). The molecule has 1 aromatic heterocycles. The molecule has 0 fully saturated rings. The van der Waals surface area contributed by atoms with Crippen LogP contribution in [0.4, 0.5) is 24.7 Å². The van der Waals surface area contributed by atoms with Crippen molar-refractivity contribution in [1.29, 1.82) is 0 Å². The van der Waals surface area contributed by atoms with Crippen LogP contribution in [0.5, 0.6) is 0 Å². The second-order valence-corrected chi connectivity index (χ2v) is 6.53. The van der Waals surface area contributed by atoms with Gasteiger partial charge in [0.05, 0.1) is 16.3 Å². The molecule has 1 heterocycles. The van der Waals surface area contributed by atoms with Crippen LogP contribution in [0.25, 0.3) is 0 Å². The lowest BCUT2D eigenvalue weighted by molar-refractivity contribution is -0.147. The summed E-state index contributed by atoms with van der Waals surface area (Å²) in [5.74, 6) is -1.28. The highest BCUT2D eigenvalue weighted by Gasteiger charge is 2.31. The van der Waals surface area contributed by atoms with Crippen molar-refractivity contribution in [2.45, 2.75) is 32.4 Å². The van der Waals surface area contributed by atoms with Crippen molar-refractivity contribution < 1.29 is 36.8 Å². The van der Waals surface area contributed by atoms with Gasteiger partial charge in [0.2, 0.25) is 5.91 Å². The minimum Gasteiger partial charge on any atom is -0.456 e. The number of hydrogen-bond acceptors (Lipinski definition) is 6. The molecule has 8 nitrogen and oxygen atoms in total. The number of benzene rings is 1. The van der Waals surface area contributed by atoms with Crippen molar-refractivity contribution in [2.24, 2.45) is 0 Å². The number of amides is 2. The third-order valence-corrected chi connectivity index (χ3v) is 3.94. The van der Waals surface area contributed by atoms with E-state index >= 15 is 0 Å². The van der Waals surface area contributed by atoms with E-state index in [1.807, 2.05) is 0 Å². The third kappa shape index (κ3) is 7.39. The number of carbonyl (C=O) groups is 3. The summed E-state index contributed by atoms with van der Waals surface area (Å²) in [7, 11) is 0. The van der Waals surface area contributed by atoms with Crippen LogP contribution in [-0.2, 0) is 25.3 Å². The molecule has 2 aromatic rings. The molecule has 12 heteroatoms. The van der Waals surface area contributed by atoms with E-state index in [-0.39, 0.29) is 35.8 Å². The number of aryl methyl sites for hydroxylation is 1. The molecule has 162 valence electrons. The molecule has 0 bridgehead atoms. The Morgan fingerprint density at radius 1 is 1.13 bits per heavy atom. The van der Waals surface area contributed by atoms with E-state index < -0.39 is 36.1 Å². The molecule has 2 amide bonds. The van der Waals surface area contributed by atoms with Crippen LogP contribution in [0.3, 0.4) is 0 Å². The Morgan fingerprint density at radius 3 is 2.50 bits per heavy atom. The maximum Gasteiger partial charge on any atom is 0.416 e. The Balaban J connectivity index is 1.71. The molecular weight excluding hydrogens is 431 g/mol. The first-order valence-electron chi connectivity index (χ1n) is 8.60. The maximum absolute atomic E-state index is 12.7. The zero-order chi connectivity index (χ0) is 22.3. The first kappa shape index (κ1) is 23.2. The second kappa shape index (κ2) is 10.1. The number of nitrogens with zero attached hydrogens (tertiary/aromatic N) is 1. The zero-order valence-corrected chi connectivity index (χ0v) is 16.4. The molecule has 0 saturated carbocycles. The number of nitrogens with one attached hydrogen (secondary N) is 2. The molecule has 1 aromatic carbocycles. The highest BCUT2D eigenvalue weighted by Crippen LogP contribution is 2.33. The van der Waals surface area contributed by atoms with E-state index in [1.165, 1.54) is 6.07 Å². The first-order chi connectivity index (χ1) is 14.0. The quantitative estimate of drug-likeness (QED) is 0.593. The smallest absolute Gasteiger partial charge is 0.416 e. The predicted octanol–water partition coefficient (Wildman–Crippen LogP) is 3.95. The molecular formula is C18H17ClF3N3O5. The van der Waals surface area contributed by atoms with Gasteiger partial charge in [-0.2, -0.15) is 13.2 Å². The summed E-state index contributed by atoms with van der Waals surface area (Å²) in [5.41, 5.74) is -1.14. The molecule has 0 unspecified atom stereocenters. The van der Waals surface area contributed by atoms with Gasteiger partial charge >= 0.3 is 12.1 Å². The number of alkyl halides is 3. The molecule has 0 radical (unpaired) electrons. The molecule has 2 rings (SSSR count). The summed E-state index contributed by atoms with van der Waals surface area (Å²) in [6.45, 7) is 1.09. The van der Waals surface area contributed by atoms with Gasteiger partial charge in [-0.25, -0.2) is 0 Å². The number of rotatable bonds is 8. The van der Waals surface area contributed by atoms with Crippen molar-refractivity contribution in [3.63, 3.8) is 0 Å². The van der Waals surface area contributed by atoms with Crippen LogP contribution in [0.1, 0.15) is 30.6 Å². The van der Waals surface area contributed by atoms with Gasteiger partial charge in [0.25, 0.3) is 5.91 Å². The molecule has 2 N–H and O–H groups in total. The summed E-state index contributed by atoms with van der Waals surface area (Å²) in [5, 5.41) is 8.13. The van der Waals surface area contributed by atoms with Crippen LogP contribution >= 0.6 is 11.6 Å². The topological polar surface area (TPSA) is 111 Å². The lowest BCUT2D eigenvalue weighted by atomic mass is 10.2. The van der Waals surface area contributed by atoms with Gasteiger partial charge in [0.1, 0.15) is 5.76 Å². The number of esters is 1. The fraction of sp³-hybridized carbons (Fsp3) is 0.333. The van der Waals surface area contributed by atoms with Gasteiger partial charge < -0.3 is 19.9 Å². The average Bonchev–Trinajstić information content (AvgIpc) is 3.05. The zero-order valence-electron chi connectivity index (χ0n) is 15.6. The monoisotopic (exact) mass is 447 g/mol. The molecule has 0 spiro atoms. The highest BCUT2D eigenvalue weighted by molar-refractivity contribution is 6.33. The summed E-state index contributed by atoms with van der Waals surface area (Å²) >= 11 is 5.80. The van der Waals surface area contributed by atoms with E-state index in [0.717, 1.165) is 18.2 Å². The fourth-order valence-electron chi connectivity index (χ4n) is 2.23. The van der Waals surface area contributed by atoms with Crippen molar-refractivity contribution >= 4 is 40.9 Å². The number of halogens is 4. The van der Waals surface area contributed by atoms with Crippen LogP contribution in [0, 0.1) is 6.92 Å². The largest absolute Gasteiger partial charge is 0.456 e.